The third-order valence-electron chi connectivity index (χ3n) is 0.743. The molecule has 14 heavy (non-hydrogen) atoms. The molecule has 0 aromatic carbocycles. The summed E-state index contributed by atoms with van der Waals surface area (Å²) in [4.78, 5) is 11.5. The highest BCUT2D eigenvalue weighted by Gasteiger charge is 2.06. The van der Waals surface area contributed by atoms with E-state index in [9.17, 15) is 13.0 Å². The van der Waals surface area contributed by atoms with E-state index in [1.165, 1.54) is 0 Å². The summed E-state index contributed by atoms with van der Waals surface area (Å²) in [5.41, 5.74) is 0. The van der Waals surface area contributed by atoms with Gasteiger partial charge < -0.3 is 4.89 Å². The first-order valence-corrected chi connectivity index (χ1v) is 5.79. The number of rotatable bonds is 2. The fourth-order valence-electron chi connectivity index (χ4n) is 0.403. The largest absolute Gasteiger partial charge is 0.404 e. The van der Waals surface area contributed by atoms with Crippen LogP contribution in [0.3, 0.4) is 0 Å². The molecular formula is C5H8NO6PS. The van der Waals surface area contributed by atoms with E-state index in [1.807, 2.05) is 18.2 Å². The lowest BCUT2D eigenvalue weighted by Gasteiger charge is -1.88. The molecule has 0 radical (unpaired) electrons. The maximum absolute atomic E-state index is 9.44. The molecule has 0 aliphatic heterocycles. The van der Waals surface area contributed by atoms with Crippen LogP contribution in [0, 0.1) is 0 Å². The van der Waals surface area contributed by atoms with E-state index in [1.54, 1.807) is 12.4 Å². The summed E-state index contributed by atoms with van der Waals surface area (Å²) in [6.07, 6.45) is 3.50. The van der Waals surface area contributed by atoms with E-state index < -0.39 is 18.7 Å². The second-order valence-corrected chi connectivity index (χ2v) is 3.86. The second kappa shape index (κ2) is 6.63. The Morgan fingerprint density at radius 3 is 1.79 bits per heavy atom. The zero-order valence-electron chi connectivity index (χ0n) is 6.77. The monoisotopic (exact) mass is 241 g/mol. The van der Waals surface area contributed by atoms with Crippen molar-refractivity contribution in [2.24, 2.45) is 0 Å². The van der Waals surface area contributed by atoms with Gasteiger partial charge in [-0.25, -0.2) is 0 Å². The Hall–Kier alpha value is -0.790. The Bertz CT molecular complexity index is 338. The highest BCUT2D eigenvalue weighted by Crippen LogP contribution is 2.16. The number of pyridine rings is 1. The molecule has 0 aliphatic rings. The standard InChI is InChI=1S/C5H5N.H3O6PS/c1-2-4-6-5-3-1;1-7(2)6-8(3,4)5/h1-5H;7H,(H,1,2)(H,3,4,5). The van der Waals surface area contributed by atoms with Crippen molar-refractivity contribution < 1.29 is 26.4 Å². The number of hydrogen-bond donors (Lipinski definition) is 2. The topological polar surface area (TPSA) is 114 Å². The van der Waals surface area contributed by atoms with E-state index in [-0.39, 0.29) is 0 Å². The molecule has 1 heterocycles. The normalized spacial score (nSPS) is 12.4. The molecule has 9 heteroatoms. The van der Waals surface area contributed by atoms with Gasteiger partial charge in [-0.15, -0.1) is 0 Å². The molecule has 2 N–H and O–H groups in total. The van der Waals surface area contributed by atoms with Crippen molar-refractivity contribution in [1.82, 2.24) is 4.98 Å². The van der Waals surface area contributed by atoms with Gasteiger partial charge in [0.15, 0.2) is 0 Å². The van der Waals surface area contributed by atoms with Crippen LogP contribution in [-0.4, -0.2) is 22.8 Å². The number of nitrogens with zero attached hydrogens (tertiary/aromatic N) is 1. The Kier molecular flexibility index (Phi) is 6.26. The van der Waals surface area contributed by atoms with E-state index in [0.29, 0.717) is 0 Å². The molecule has 0 aliphatic carbocycles. The van der Waals surface area contributed by atoms with Gasteiger partial charge in [0.25, 0.3) is 0 Å². The smallest absolute Gasteiger partial charge is 0.326 e. The number of hydrogen-bond acceptors (Lipinski definition) is 5. The van der Waals surface area contributed by atoms with E-state index >= 15 is 0 Å². The van der Waals surface area contributed by atoms with Gasteiger partial charge in [-0.05, 0) is 12.1 Å². The number of aromatic nitrogens is 1. The van der Waals surface area contributed by atoms with Crippen LogP contribution >= 0.6 is 8.25 Å². The third kappa shape index (κ3) is 11.2. The summed E-state index contributed by atoms with van der Waals surface area (Å²) in [5, 5.41) is 0. The molecule has 0 fully saturated rings. The van der Waals surface area contributed by atoms with Gasteiger partial charge >= 0.3 is 18.7 Å². The van der Waals surface area contributed by atoms with Crippen LogP contribution in [0.2, 0.25) is 0 Å². The van der Waals surface area contributed by atoms with Crippen LogP contribution in [-0.2, 0) is 18.9 Å². The van der Waals surface area contributed by atoms with Crippen LogP contribution < -0.4 is 0 Å². The van der Waals surface area contributed by atoms with E-state index in [4.69, 9.17) is 9.45 Å². The second-order valence-electron chi connectivity index (χ2n) is 1.80. The van der Waals surface area contributed by atoms with Crippen LogP contribution in [0.25, 0.3) is 0 Å². The minimum atomic E-state index is -4.74. The molecule has 1 unspecified atom stereocenters. The summed E-state index contributed by atoms with van der Waals surface area (Å²) in [5.74, 6) is 0. The first-order chi connectivity index (χ1) is 6.42. The average Bonchev–Trinajstić information content (AvgIpc) is 2.03. The molecule has 1 aromatic heterocycles. The van der Waals surface area contributed by atoms with E-state index in [0.717, 1.165) is 0 Å². The minimum absolute atomic E-state index is 1.75. The molecule has 0 bridgehead atoms. The highest BCUT2D eigenvalue weighted by molar-refractivity contribution is 7.84. The molecule has 80 valence electrons. The SMILES string of the molecule is O=[PH](O)OS(=O)(=O)O.c1ccncc1. The Labute approximate surface area is 81.3 Å². The minimum Gasteiger partial charge on any atom is -0.326 e. The van der Waals surface area contributed by atoms with Crippen LogP contribution in [0.5, 0.6) is 0 Å². The quantitative estimate of drug-likeness (QED) is 0.564. The maximum atomic E-state index is 9.44. The predicted molar refractivity (Wildman–Crippen MR) is 48.1 cm³/mol. The van der Waals surface area contributed by atoms with Crippen molar-refractivity contribution in [3.8, 4) is 0 Å². The van der Waals surface area contributed by atoms with Gasteiger partial charge in [-0.2, -0.15) is 12.4 Å². The van der Waals surface area contributed by atoms with Crippen molar-refractivity contribution in [3.05, 3.63) is 30.6 Å². The Morgan fingerprint density at radius 2 is 1.71 bits per heavy atom. The molecule has 0 amide bonds. The fraction of sp³-hybridized carbons (Fsp3) is 0. The molecular weight excluding hydrogens is 233 g/mol. The van der Waals surface area contributed by atoms with Gasteiger partial charge in [0, 0.05) is 12.4 Å². The zero-order chi connectivity index (χ0) is 11.0. The Morgan fingerprint density at radius 1 is 1.21 bits per heavy atom. The third-order valence-corrected chi connectivity index (χ3v) is 2.16. The van der Waals surface area contributed by atoms with Gasteiger partial charge in [-0.1, -0.05) is 6.07 Å². The molecule has 0 spiro atoms. The molecule has 1 rings (SSSR count). The lowest BCUT2D eigenvalue weighted by atomic mass is 10.5. The molecule has 7 nitrogen and oxygen atoms in total. The molecule has 0 saturated heterocycles. The summed E-state index contributed by atoms with van der Waals surface area (Å²) in [6.45, 7) is 0. The van der Waals surface area contributed by atoms with Gasteiger partial charge in [-0.3, -0.25) is 14.1 Å². The maximum Gasteiger partial charge on any atom is 0.404 e. The van der Waals surface area contributed by atoms with Crippen LogP contribution in [0.15, 0.2) is 30.6 Å². The molecule has 1 atom stereocenters. The van der Waals surface area contributed by atoms with Crippen molar-refractivity contribution >= 4 is 18.7 Å². The lowest BCUT2D eigenvalue weighted by molar-refractivity contribution is 0.356. The molecule has 1 aromatic rings. The lowest BCUT2D eigenvalue weighted by Crippen LogP contribution is -1.95. The van der Waals surface area contributed by atoms with Gasteiger partial charge in [0.2, 0.25) is 0 Å². The fourth-order valence-corrected chi connectivity index (χ4v) is 1.12. The zero-order valence-corrected chi connectivity index (χ0v) is 8.59. The highest BCUT2D eigenvalue weighted by atomic mass is 32.3. The summed E-state index contributed by atoms with van der Waals surface area (Å²) in [6, 6.07) is 5.72. The van der Waals surface area contributed by atoms with Crippen molar-refractivity contribution in [1.29, 1.82) is 0 Å². The predicted octanol–water partition coefficient (Wildman–Crippen LogP) is 0.269. The summed E-state index contributed by atoms with van der Waals surface area (Å²) < 4.78 is 39.0. The van der Waals surface area contributed by atoms with Crippen molar-refractivity contribution in [3.63, 3.8) is 0 Å². The van der Waals surface area contributed by atoms with Crippen molar-refractivity contribution in [2.75, 3.05) is 0 Å². The average molecular weight is 241 g/mol. The van der Waals surface area contributed by atoms with Crippen LogP contribution in [0.4, 0.5) is 0 Å². The first-order valence-electron chi connectivity index (χ1n) is 3.16. The summed E-state index contributed by atoms with van der Waals surface area (Å²) in [7, 11) is -8.32. The van der Waals surface area contributed by atoms with Crippen LogP contribution in [0.1, 0.15) is 0 Å². The van der Waals surface area contributed by atoms with Gasteiger partial charge in [0.1, 0.15) is 0 Å². The first kappa shape index (κ1) is 13.2. The summed E-state index contributed by atoms with van der Waals surface area (Å²) >= 11 is 0. The molecule has 0 saturated carbocycles. The Balaban J connectivity index is 0.000000249. The van der Waals surface area contributed by atoms with Crippen molar-refractivity contribution in [2.45, 2.75) is 0 Å². The van der Waals surface area contributed by atoms with Gasteiger partial charge in [0.05, 0.1) is 0 Å². The van der Waals surface area contributed by atoms with E-state index in [2.05, 4.69) is 8.95 Å².